The van der Waals surface area contributed by atoms with Gasteiger partial charge in [0.1, 0.15) is 11.6 Å². The van der Waals surface area contributed by atoms with Crippen molar-refractivity contribution in [1.29, 1.82) is 5.26 Å². The van der Waals surface area contributed by atoms with E-state index >= 15 is 0 Å². The van der Waals surface area contributed by atoms with Gasteiger partial charge < -0.3 is 5.32 Å². The lowest BCUT2D eigenvalue weighted by molar-refractivity contribution is -0.383. The van der Waals surface area contributed by atoms with Crippen molar-refractivity contribution in [1.82, 2.24) is 0 Å². The van der Waals surface area contributed by atoms with Gasteiger partial charge in [0, 0.05) is 11.1 Å². The summed E-state index contributed by atoms with van der Waals surface area (Å²) in [6, 6.07) is 5.66. The van der Waals surface area contributed by atoms with Crippen LogP contribution in [0.4, 0.5) is 11.4 Å². The Morgan fingerprint density at radius 3 is 2.83 bits per heavy atom. The minimum atomic E-state index is -0.844. The number of nitro benzene ring substituents is 1. The Kier molecular flexibility index (Phi) is 4.63. The lowest BCUT2D eigenvalue weighted by Gasteiger charge is -2.08. The van der Waals surface area contributed by atoms with E-state index in [9.17, 15) is 14.9 Å². The summed E-state index contributed by atoms with van der Waals surface area (Å²) in [4.78, 5) is 21.8. The number of nitrogens with zero attached hydrogens (tertiary/aromatic N) is 2. The SMILES string of the molecule is CCC(C#N)C(=O)Nc1cc(Cl)ccc1[N+](=O)[O-]. The summed E-state index contributed by atoms with van der Waals surface area (Å²) in [5.41, 5.74) is -0.272. The topological polar surface area (TPSA) is 96.0 Å². The molecule has 1 aromatic carbocycles. The summed E-state index contributed by atoms with van der Waals surface area (Å²) >= 11 is 5.71. The molecule has 6 nitrogen and oxygen atoms in total. The average molecular weight is 268 g/mol. The highest BCUT2D eigenvalue weighted by Crippen LogP contribution is 2.28. The van der Waals surface area contributed by atoms with Crippen LogP contribution < -0.4 is 5.32 Å². The quantitative estimate of drug-likeness (QED) is 0.670. The Bertz CT molecular complexity index is 525. The number of amides is 1. The van der Waals surface area contributed by atoms with Gasteiger partial charge >= 0.3 is 0 Å². The molecule has 94 valence electrons. The van der Waals surface area contributed by atoms with Crippen LogP contribution in [0.15, 0.2) is 18.2 Å². The third-order valence-corrected chi connectivity index (χ3v) is 2.53. The van der Waals surface area contributed by atoms with Crippen LogP contribution in [0.25, 0.3) is 0 Å². The van der Waals surface area contributed by atoms with E-state index in [4.69, 9.17) is 16.9 Å². The zero-order valence-corrected chi connectivity index (χ0v) is 10.3. The minimum Gasteiger partial charge on any atom is -0.319 e. The van der Waals surface area contributed by atoms with Gasteiger partial charge in [-0.3, -0.25) is 14.9 Å². The second kappa shape index (κ2) is 5.98. The van der Waals surface area contributed by atoms with Crippen LogP contribution in [-0.4, -0.2) is 10.8 Å². The number of nitriles is 1. The predicted molar refractivity (Wildman–Crippen MR) is 66.1 cm³/mol. The Labute approximate surface area is 108 Å². The maximum atomic E-state index is 11.7. The second-order valence-corrected chi connectivity index (χ2v) is 3.93. The highest BCUT2D eigenvalue weighted by Gasteiger charge is 2.20. The van der Waals surface area contributed by atoms with Crippen LogP contribution in [0.5, 0.6) is 0 Å². The van der Waals surface area contributed by atoms with Crippen LogP contribution in [0.1, 0.15) is 13.3 Å². The second-order valence-electron chi connectivity index (χ2n) is 3.50. The van der Waals surface area contributed by atoms with Crippen molar-refractivity contribution in [3.05, 3.63) is 33.3 Å². The van der Waals surface area contributed by atoms with Crippen LogP contribution >= 0.6 is 11.6 Å². The number of rotatable bonds is 4. The summed E-state index contributed by atoms with van der Waals surface area (Å²) in [5, 5.41) is 22.1. The largest absolute Gasteiger partial charge is 0.319 e. The van der Waals surface area contributed by atoms with Gasteiger partial charge in [-0.25, -0.2) is 0 Å². The fraction of sp³-hybridized carbons (Fsp3) is 0.273. The van der Waals surface area contributed by atoms with Gasteiger partial charge in [0.05, 0.1) is 11.0 Å². The number of anilines is 1. The number of halogens is 1. The van der Waals surface area contributed by atoms with Gasteiger partial charge in [-0.05, 0) is 18.6 Å². The molecule has 1 amide bonds. The average Bonchev–Trinajstić information content (AvgIpc) is 2.30. The summed E-state index contributed by atoms with van der Waals surface area (Å²) in [7, 11) is 0. The molecule has 1 N–H and O–H groups in total. The van der Waals surface area contributed by atoms with Crippen LogP contribution in [0.2, 0.25) is 5.02 Å². The van der Waals surface area contributed by atoms with E-state index < -0.39 is 16.7 Å². The maximum Gasteiger partial charge on any atom is 0.292 e. The van der Waals surface area contributed by atoms with Gasteiger partial charge in [-0.2, -0.15) is 5.26 Å². The molecule has 1 atom stereocenters. The molecule has 0 fully saturated rings. The molecule has 0 spiro atoms. The third-order valence-electron chi connectivity index (χ3n) is 2.29. The van der Waals surface area contributed by atoms with Crippen LogP contribution in [0, 0.1) is 27.4 Å². The number of nitro groups is 1. The first-order chi connectivity index (χ1) is 8.49. The molecule has 0 aliphatic carbocycles. The molecule has 1 rings (SSSR count). The van der Waals surface area contributed by atoms with E-state index in [1.54, 1.807) is 6.92 Å². The molecular formula is C11H10ClN3O3. The van der Waals surface area contributed by atoms with E-state index in [0.29, 0.717) is 6.42 Å². The lowest BCUT2D eigenvalue weighted by Crippen LogP contribution is -2.21. The number of carbonyl (C=O) groups excluding carboxylic acids is 1. The molecule has 0 aromatic heterocycles. The minimum absolute atomic E-state index is 0.00815. The van der Waals surface area contributed by atoms with Gasteiger partial charge in [0.2, 0.25) is 5.91 Å². The monoisotopic (exact) mass is 267 g/mol. The first-order valence-electron chi connectivity index (χ1n) is 5.14. The van der Waals surface area contributed by atoms with E-state index in [1.807, 2.05) is 6.07 Å². The predicted octanol–water partition coefficient (Wildman–Crippen LogP) is 2.74. The van der Waals surface area contributed by atoms with Crippen LogP contribution in [-0.2, 0) is 4.79 Å². The first kappa shape index (κ1) is 13.9. The summed E-state index contributed by atoms with van der Waals surface area (Å²) in [6.07, 6.45) is 0.330. The standard InChI is InChI=1S/C11H10ClN3O3/c1-2-7(6-13)11(16)14-9-5-8(12)3-4-10(9)15(17)18/h3-5,7H,2H2,1H3,(H,14,16). The fourth-order valence-corrected chi connectivity index (χ4v) is 1.49. The zero-order chi connectivity index (χ0) is 13.7. The number of carbonyl (C=O) groups is 1. The van der Waals surface area contributed by atoms with Gasteiger partial charge in [0.25, 0.3) is 5.69 Å². The molecule has 0 aliphatic rings. The summed E-state index contributed by atoms with van der Waals surface area (Å²) < 4.78 is 0. The van der Waals surface area contributed by atoms with E-state index in [0.717, 1.165) is 0 Å². The lowest BCUT2D eigenvalue weighted by atomic mass is 10.1. The molecule has 0 bridgehead atoms. The Hall–Kier alpha value is -2.13. The van der Waals surface area contributed by atoms with Crippen molar-refractivity contribution in [2.24, 2.45) is 5.92 Å². The summed E-state index contributed by atoms with van der Waals surface area (Å²) in [5.74, 6) is -1.42. The Balaban J connectivity index is 3.03. The van der Waals surface area contributed by atoms with Gasteiger partial charge in [0.15, 0.2) is 0 Å². The molecular weight excluding hydrogens is 258 g/mol. The molecule has 1 unspecified atom stereocenters. The third kappa shape index (κ3) is 3.18. The molecule has 0 saturated heterocycles. The van der Waals surface area contributed by atoms with E-state index in [-0.39, 0.29) is 16.4 Å². The molecule has 18 heavy (non-hydrogen) atoms. The van der Waals surface area contributed by atoms with Crippen LogP contribution in [0.3, 0.4) is 0 Å². The number of nitrogens with one attached hydrogen (secondary N) is 1. The Morgan fingerprint density at radius 2 is 2.33 bits per heavy atom. The molecule has 0 aliphatic heterocycles. The first-order valence-corrected chi connectivity index (χ1v) is 5.51. The van der Waals surface area contributed by atoms with Crippen molar-refractivity contribution in [3.63, 3.8) is 0 Å². The van der Waals surface area contributed by atoms with Crippen molar-refractivity contribution in [2.45, 2.75) is 13.3 Å². The number of benzene rings is 1. The van der Waals surface area contributed by atoms with E-state index in [2.05, 4.69) is 5.32 Å². The van der Waals surface area contributed by atoms with Gasteiger partial charge in [-0.1, -0.05) is 18.5 Å². The van der Waals surface area contributed by atoms with Crippen molar-refractivity contribution in [3.8, 4) is 6.07 Å². The van der Waals surface area contributed by atoms with Crippen molar-refractivity contribution < 1.29 is 9.72 Å². The van der Waals surface area contributed by atoms with Crippen molar-refractivity contribution in [2.75, 3.05) is 5.32 Å². The smallest absolute Gasteiger partial charge is 0.292 e. The van der Waals surface area contributed by atoms with E-state index in [1.165, 1.54) is 18.2 Å². The number of hydrogen-bond donors (Lipinski definition) is 1. The highest BCUT2D eigenvalue weighted by molar-refractivity contribution is 6.31. The highest BCUT2D eigenvalue weighted by atomic mass is 35.5. The fourth-order valence-electron chi connectivity index (χ4n) is 1.32. The molecule has 0 radical (unpaired) electrons. The zero-order valence-electron chi connectivity index (χ0n) is 9.51. The molecule has 1 aromatic rings. The molecule has 0 heterocycles. The molecule has 0 saturated carbocycles. The normalized spacial score (nSPS) is 11.4. The Morgan fingerprint density at radius 1 is 1.67 bits per heavy atom. The molecule has 7 heteroatoms. The summed E-state index contributed by atoms with van der Waals surface area (Å²) in [6.45, 7) is 1.68. The number of hydrogen-bond acceptors (Lipinski definition) is 4. The van der Waals surface area contributed by atoms with Gasteiger partial charge in [-0.15, -0.1) is 0 Å². The maximum absolute atomic E-state index is 11.7. The van der Waals surface area contributed by atoms with Crippen molar-refractivity contribution >= 4 is 28.9 Å².